The molecule has 6 heteroatoms. The fraction of sp³-hybridized carbons (Fsp3) is 0.552. The van der Waals surface area contributed by atoms with Crippen LogP contribution in [0.25, 0.3) is 0 Å². The Kier molecular flexibility index (Phi) is 5.85. The molecule has 4 saturated heterocycles. The van der Waals surface area contributed by atoms with Gasteiger partial charge in [-0.05, 0) is 36.5 Å². The summed E-state index contributed by atoms with van der Waals surface area (Å²) in [6, 6.07) is 14.5. The van der Waals surface area contributed by atoms with E-state index in [-0.39, 0.29) is 17.6 Å². The first-order chi connectivity index (χ1) is 17.0. The zero-order chi connectivity index (χ0) is 24.0. The molecule has 1 N–H and O–H groups in total. The van der Waals surface area contributed by atoms with Gasteiger partial charge in [0.2, 0.25) is 0 Å². The van der Waals surface area contributed by atoms with Gasteiger partial charge < -0.3 is 24.4 Å². The number of nitrogens with zero attached hydrogens (tertiary/aromatic N) is 3. The summed E-state index contributed by atoms with van der Waals surface area (Å²) in [4.78, 5) is 9.83. The molecule has 1 aliphatic carbocycles. The van der Waals surface area contributed by atoms with Gasteiger partial charge in [0, 0.05) is 70.8 Å². The minimum Gasteiger partial charge on any atom is -0.377 e. The maximum atomic E-state index is 11.7. The average molecular weight is 474 g/mol. The molecule has 1 aromatic heterocycles. The van der Waals surface area contributed by atoms with Gasteiger partial charge in [-0.1, -0.05) is 42.2 Å². The van der Waals surface area contributed by atoms with Crippen molar-refractivity contribution in [2.75, 3.05) is 51.8 Å². The van der Waals surface area contributed by atoms with Gasteiger partial charge in [-0.2, -0.15) is 0 Å². The van der Waals surface area contributed by atoms with Crippen LogP contribution in [0.5, 0.6) is 0 Å². The summed E-state index contributed by atoms with van der Waals surface area (Å²) >= 11 is 0. The molecule has 5 heterocycles. The Balaban J connectivity index is 1.32. The topological polar surface area (TPSA) is 58.1 Å². The summed E-state index contributed by atoms with van der Waals surface area (Å²) in [6.45, 7) is 4.62. The molecule has 5 aliphatic rings. The van der Waals surface area contributed by atoms with Gasteiger partial charge in [0.25, 0.3) is 0 Å². The van der Waals surface area contributed by atoms with Gasteiger partial charge in [0.1, 0.15) is 23.6 Å². The highest BCUT2D eigenvalue weighted by Gasteiger charge is 2.62. The van der Waals surface area contributed by atoms with Gasteiger partial charge >= 0.3 is 0 Å². The number of benzene rings is 1. The fourth-order valence-electron chi connectivity index (χ4n) is 6.84. The number of pyridine rings is 1. The zero-order valence-corrected chi connectivity index (χ0v) is 20.7. The first-order valence-corrected chi connectivity index (χ1v) is 12.8. The molecule has 2 unspecified atom stereocenters. The molecule has 1 aromatic carbocycles. The van der Waals surface area contributed by atoms with Crippen LogP contribution in [0.15, 0.2) is 42.5 Å². The van der Waals surface area contributed by atoms with Crippen LogP contribution in [0.2, 0.25) is 0 Å². The Hall–Kier alpha value is -2.43. The third-order valence-corrected chi connectivity index (χ3v) is 8.79. The molecular formula is C29H35N3O3. The second-order valence-corrected chi connectivity index (χ2v) is 10.9. The number of ether oxygens (including phenoxy) is 2. The normalized spacial score (nSPS) is 35.2. The molecule has 1 saturated carbocycles. The quantitative estimate of drug-likeness (QED) is 0.674. The molecule has 184 valence electrons. The molecule has 6 nitrogen and oxygen atoms in total. The monoisotopic (exact) mass is 473 g/mol. The van der Waals surface area contributed by atoms with Crippen LogP contribution >= 0.6 is 0 Å². The van der Waals surface area contributed by atoms with Crippen molar-refractivity contribution in [3.05, 3.63) is 59.3 Å². The van der Waals surface area contributed by atoms with Gasteiger partial charge in [-0.3, -0.25) is 0 Å². The van der Waals surface area contributed by atoms with Crippen LogP contribution in [-0.4, -0.2) is 79.7 Å². The van der Waals surface area contributed by atoms with Gasteiger partial charge in [-0.25, -0.2) is 4.98 Å². The third-order valence-electron chi connectivity index (χ3n) is 8.79. The minimum absolute atomic E-state index is 0.0278. The van der Waals surface area contributed by atoms with E-state index < -0.39 is 5.60 Å². The maximum absolute atomic E-state index is 11.7. The van der Waals surface area contributed by atoms with Crippen LogP contribution in [0, 0.1) is 23.2 Å². The molecule has 1 spiro atoms. The smallest absolute Gasteiger partial charge is 0.133 e. The van der Waals surface area contributed by atoms with Crippen molar-refractivity contribution in [3.8, 4) is 11.8 Å². The van der Waals surface area contributed by atoms with Gasteiger partial charge in [0.15, 0.2) is 0 Å². The molecule has 0 amide bonds. The van der Waals surface area contributed by atoms with Crippen molar-refractivity contribution in [3.63, 3.8) is 0 Å². The number of hydrogen-bond donors (Lipinski definition) is 1. The van der Waals surface area contributed by atoms with Crippen LogP contribution in [0.4, 0.5) is 5.82 Å². The summed E-state index contributed by atoms with van der Waals surface area (Å²) in [5, 5.41) is 11.7. The van der Waals surface area contributed by atoms with E-state index in [1.165, 1.54) is 12.1 Å². The van der Waals surface area contributed by atoms with E-state index in [0.717, 1.165) is 68.4 Å². The molecule has 4 aliphatic heterocycles. The first kappa shape index (κ1) is 23.0. The lowest BCUT2D eigenvalue weighted by atomic mass is 9.49. The standard InChI is InChI=1S/C29H35N3O3/c1-34-25-18-32(19-26(25)35-2)27-9-8-23(24(30-27)14-21-6-4-3-5-7-21)10-11-29(33)12-13-31-17-22-15-28(29,16-22)20-31/h3-9,22,25-26,33H,12-20H2,1-2H3/t22?,25-,26-,28?,29?/m1/s1. The first-order valence-electron chi connectivity index (χ1n) is 12.8. The Morgan fingerprint density at radius 1 is 1.03 bits per heavy atom. The molecule has 7 rings (SSSR count). The lowest BCUT2D eigenvalue weighted by Gasteiger charge is -2.64. The van der Waals surface area contributed by atoms with E-state index in [4.69, 9.17) is 14.5 Å². The fourth-order valence-corrected chi connectivity index (χ4v) is 6.84. The number of methoxy groups -OCH3 is 2. The third kappa shape index (κ3) is 4.05. The van der Waals surface area contributed by atoms with Crippen molar-refractivity contribution < 1.29 is 14.6 Å². The molecule has 4 atom stereocenters. The van der Waals surface area contributed by atoms with E-state index >= 15 is 0 Å². The molecule has 5 fully saturated rings. The van der Waals surface area contributed by atoms with Crippen molar-refractivity contribution in [2.45, 2.75) is 43.5 Å². The summed E-state index contributed by atoms with van der Waals surface area (Å²) in [5.41, 5.74) is 2.10. The van der Waals surface area contributed by atoms with E-state index in [2.05, 4.69) is 52.0 Å². The second-order valence-electron chi connectivity index (χ2n) is 10.9. The predicted molar refractivity (Wildman–Crippen MR) is 135 cm³/mol. The number of anilines is 1. The molecule has 3 bridgehead atoms. The van der Waals surface area contributed by atoms with Crippen LogP contribution in [0.3, 0.4) is 0 Å². The van der Waals surface area contributed by atoms with E-state index in [9.17, 15) is 5.11 Å². The molecule has 35 heavy (non-hydrogen) atoms. The van der Waals surface area contributed by atoms with Crippen LogP contribution in [0.1, 0.15) is 36.1 Å². The molecule has 2 aromatic rings. The van der Waals surface area contributed by atoms with E-state index in [1.807, 2.05) is 12.1 Å². The number of aliphatic hydroxyl groups is 1. The van der Waals surface area contributed by atoms with E-state index in [0.29, 0.717) is 6.42 Å². The van der Waals surface area contributed by atoms with E-state index in [1.54, 1.807) is 14.2 Å². The number of rotatable bonds is 5. The Bertz CT molecular complexity index is 1120. The predicted octanol–water partition coefficient (Wildman–Crippen LogP) is 2.72. The Morgan fingerprint density at radius 2 is 1.77 bits per heavy atom. The number of piperidine rings is 3. The maximum Gasteiger partial charge on any atom is 0.133 e. The largest absolute Gasteiger partial charge is 0.377 e. The second kappa shape index (κ2) is 8.90. The Labute approximate surface area is 208 Å². The van der Waals surface area contributed by atoms with Crippen LogP contribution < -0.4 is 4.90 Å². The summed E-state index contributed by atoms with van der Waals surface area (Å²) < 4.78 is 11.3. The highest BCUT2D eigenvalue weighted by atomic mass is 16.5. The van der Waals surface area contributed by atoms with Crippen molar-refractivity contribution in [1.82, 2.24) is 9.88 Å². The van der Waals surface area contributed by atoms with Gasteiger partial charge in [-0.15, -0.1) is 0 Å². The minimum atomic E-state index is -0.907. The SMILES string of the molecule is CO[C@@H]1CN(c2ccc(C#CC3(O)CCN4CC5CC3(C5)C4)c(Cc3ccccc3)n2)C[C@H]1OC. The summed E-state index contributed by atoms with van der Waals surface area (Å²) in [7, 11) is 3.47. The average Bonchev–Trinajstić information content (AvgIpc) is 3.30. The lowest BCUT2D eigenvalue weighted by Crippen LogP contribution is -2.70. The zero-order valence-electron chi connectivity index (χ0n) is 20.7. The molecule has 0 radical (unpaired) electrons. The number of aromatic nitrogens is 1. The summed E-state index contributed by atoms with van der Waals surface area (Å²) in [6.07, 6.45) is 3.71. The highest BCUT2D eigenvalue weighted by molar-refractivity contribution is 5.50. The lowest BCUT2D eigenvalue weighted by molar-refractivity contribution is -0.199. The number of hydrogen-bond acceptors (Lipinski definition) is 6. The van der Waals surface area contributed by atoms with Crippen LogP contribution in [-0.2, 0) is 15.9 Å². The van der Waals surface area contributed by atoms with Gasteiger partial charge in [0.05, 0.1) is 5.69 Å². The van der Waals surface area contributed by atoms with Crippen molar-refractivity contribution in [1.29, 1.82) is 0 Å². The molecular weight excluding hydrogens is 438 g/mol. The highest BCUT2D eigenvalue weighted by Crippen LogP contribution is 2.59. The summed E-state index contributed by atoms with van der Waals surface area (Å²) in [5.74, 6) is 8.44. The van der Waals surface area contributed by atoms with Crippen molar-refractivity contribution >= 4 is 5.82 Å². The Morgan fingerprint density at radius 3 is 2.49 bits per heavy atom. The van der Waals surface area contributed by atoms with Crippen molar-refractivity contribution in [2.24, 2.45) is 11.3 Å².